The standard InChI is InChI=1S/C13H21N3O3/c1-2-14-13(15-7-11-3-4-17-9-11)16-8-12-10-18-5-6-19-12/h3-4,9,12H,2,5-8,10H2,1H3,(H2,14,15,16). The molecule has 0 radical (unpaired) electrons. The molecule has 0 amide bonds. The van der Waals surface area contributed by atoms with Crippen molar-refractivity contribution >= 4 is 5.96 Å². The first-order valence-corrected chi connectivity index (χ1v) is 6.61. The molecule has 1 atom stereocenters. The number of nitrogens with zero attached hydrogens (tertiary/aromatic N) is 1. The molecule has 1 aliphatic rings. The van der Waals surface area contributed by atoms with Crippen LogP contribution < -0.4 is 10.6 Å². The zero-order valence-corrected chi connectivity index (χ0v) is 11.2. The molecule has 1 unspecified atom stereocenters. The van der Waals surface area contributed by atoms with Crippen LogP contribution in [-0.2, 0) is 16.0 Å². The highest BCUT2D eigenvalue weighted by molar-refractivity contribution is 5.79. The lowest BCUT2D eigenvalue weighted by Crippen LogP contribution is -2.44. The quantitative estimate of drug-likeness (QED) is 0.608. The van der Waals surface area contributed by atoms with Crippen LogP contribution in [0.25, 0.3) is 0 Å². The molecule has 0 bridgehead atoms. The molecule has 106 valence electrons. The van der Waals surface area contributed by atoms with E-state index in [1.165, 1.54) is 0 Å². The largest absolute Gasteiger partial charge is 0.472 e. The minimum atomic E-state index is 0.0894. The molecule has 0 aromatic carbocycles. The van der Waals surface area contributed by atoms with Crippen molar-refractivity contribution in [2.24, 2.45) is 4.99 Å². The van der Waals surface area contributed by atoms with Crippen molar-refractivity contribution in [3.05, 3.63) is 24.2 Å². The van der Waals surface area contributed by atoms with E-state index in [0.29, 0.717) is 32.9 Å². The van der Waals surface area contributed by atoms with E-state index < -0.39 is 0 Å². The third-order valence-electron chi connectivity index (χ3n) is 2.73. The maximum Gasteiger partial charge on any atom is 0.191 e. The van der Waals surface area contributed by atoms with Crippen molar-refractivity contribution in [3.63, 3.8) is 0 Å². The van der Waals surface area contributed by atoms with Gasteiger partial charge in [0.25, 0.3) is 0 Å². The van der Waals surface area contributed by atoms with Gasteiger partial charge in [-0.1, -0.05) is 0 Å². The molecular weight excluding hydrogens is 246 g/mol. The molecule has 1 aromatic heterocycles. The molecule has 2 heterocycles. The highest BCUT2D eigenvalue weighted by Crippen LogP contribution is 2.02. The zero-order chi connectivity index (χ0) is 13.3. The second-order valence-corrected chi connectivity index (χ2v) is 4.28. The minimum Gasteiger partial charge on any atom is -0.472 e. The summed E-state index contributed by atoms with van der Waals surface area (Å²) in [4.78, 5) is 4.48. The van der Waals surface area contributed by atoms with Crippen molar-refractivity contribution in [1.82, 2.24) is 10.6 Å². The van der Waals surface area contributed by atoms with Crippen LogP contribution >= 0.6 is 0 Å². The third kappa shape index (κ3) is 4.92. The van der Waals surface area contributed by atoms with E-state index in [4.69, 9.17) is 13.9 Å². The van der Waals surface area contributed by atoms with Gasteiger partial charge in [0, 0.05) is 18.7 Å². The summed E-state index contributed by atoms with van der Waals surface area (Å²) in [6, 6.07) is 1.91. The van der Waals surface area contributed by atoms with Gasteiger partial charge in [-0.3, -0.25) is 0 Å². The van der Waals surface area contributed by atoms with Crippen LogP contribution in [0.2, 0.25) is 0 Å². The number of furan rings is 1. The third-order valence-corrected chi connectivity index (χ3v) is 2.73. The lowest BCUT2D eigenvalue weighted by atomic mass is 10.3. The van der Waals surface area contributed by atoms with Gasteiger partial charge >= 0.3 is 0 Å². The van der Waals surface area contributed by atoms with Crippen molar-refractivity contribution < 1.29 is 13.9 Å². The lowest BCUT2D eigenvalue weighted by Gasteiger charge is -2.24. The SMILES string of the molecule is CCNC(=NCc1ccoc1)NCC1COCCO1. The van der Waals surface area contributed by atoms with Gasteiger partial charge in [-0.25, -0.2) is 4.99 Å². The van der Waals surface area contributed by atoms with Crippen molar-refractivity contribution in [2.75, 3.05) is 32.9 Å². The van der Waals surface area contributed by atoms with Gasteiger partial charge in [0.1, 0.15) is 0 Å². The number of aliphatic imine (C=N–C) groups is 1. The van der Waals surface area contributed by atoms with E-state index in [1.54, 1.807) is 12.5 Å². The summed E-state index contributed by atoms with van der Waals surface area (Å²) in [7, 11) is 0. The maximum absolute atomic E-state index is 5.57. The molecule has 0 saturated carbocycles. The molecule has 2 rings (SSSR count). The Balaban J connectivity index is 1.79. The summed E-state index contributed by atoms with van der Waals surface area (Å²) in [5.41, 5.74) is 1.05. The first kappa shape index (κ1) is 13.9. The van der Waals surface area contributed by atoms with Crippen molar-refractivity contribution in [2.45, 2.75) is 19.6 Å². The fourth-order valence-electron chi connectivity index (χ4n) is 1.76. The fourth-order valence-corrected chi connectivity index (χ4v) is 1.76. The van der Waals surface area contributed by atoms with Gasteiger partial charge in [0.15, 0.2) is 5.96 Å². The average molecular weight is 267 g/mol. The van der Waals surface area contributed by atoms with Gasteiger partial charge in [0.05, 0.1) is 45.0 Å². The molecule has 6 heteroatoms. The number of guanidine groups is 1. The van der Waals surface area contributed by atoms with Crippen LogP contribution in [-0.4, -0.2) is 45.0 Å². The molecule has 19 heavy (non-hydrogen) atoms. The Bertz CT molecular complexity index is 372. The van der Waals surface area contributed by atoms with E-state index in [-0.39, 0.29) is 6.10 Å². The summed E-state index contributed by atoms with van der Waals surface area (Å²) < 4.78 is 15.9. The molecule has 6 nitrogen and oxygen atoms in total. The second-order valence-electron chi connectivity index (χ2n) is 4.28. The molecule has 1 aliphatic heterocycles. The van der Waals surface area contributed by atoms with Gasteiger partial charge < -0.3 is 24.5 Å². The molecule has 0 aliphatic carbocycles. The summed E-state index contributed by atoms with van der Waals surface area (Å²) in [6.45, 7) is 6.12. The number of hydrogen-bond acceptors (Lipinski definition) is 4. The van der Waals surface area contributed by atoms with Crippen molar-refractivity contribution in [1.29, 1.82) is 0 Å². The van der Waals surface area contributed by atoms with E-state index in [0.717, 1.165) is 18.1 Å². The number of hydrogen-bond donors (Lipinski definition) is 2. The highest BCUT2D eigenvalue weighted by Gasteiger charge is 2.14. The normalized spacial score (nSPS) is 20.3. The lowest BCUT2D eigenvalue weighted by molar-refractivity contribution is -0.0850. The topological polar surface area (TPSA) is 68.0 Å². The van der Waals surface area contributed by atoms with E-state index in [2.05, 4.69) is 15.6 Å². The Labute approximate surface area is 113 Å². The van der Waals surface area contributed by atoms with Crippen LogP contribution in [0.3, 0.4) is 0 Å². The molecular formula is C13H21N3O3. The Morgan fingerprint density at radius 2 is 2.37 bits per heavy atom. The van der Waals surface area contributed by atoms with Crippen LogP contribution in [0.4, 0.5) is 0 Å². The summed E-state index contributed by atoms with van der Waals surface area (Å²) in [6.07, 6.45) is 3.44. The highest BCUT2D eigenvalue weighted by atomic mass is 16.6. The second kappa shape index (κ2) is 7.81. The van der Waals surface area contributed by atoms with Gasteiger partial charge in [-0.15, -0.1) is 0 Å². The van der Waals surface area contributed by atoms with Gasteiger partial charge in [-0.2, -0.15) is 0 Å². The van der Waals surface area contributed by atoms with E-state index in [1.807, 2.05) is 13.0 Å². The number of ether oxygens (including phenoxy) is 2. The predicted molar refractivity (Wildman–Crippen MR) is 72.1 cm³/mol. The molecule has 0 spiro atoms. The summed E-state index contributed by atoms with van der Waals surface area (Å²) >= 11 is 0. The molecule has 1 saturated heterocycles. The molecule has 1 aromatic rings. The number of rotatable bonds is 5. The van der Waals surface area contributed by atoms with Gasteiger partial charge in [-0.05, 0) is 13.0 Å². The summed E-state index contributed by atoms with van der Waals surface area (Å²) in [5.74, 6) is 0.776. The minimum absolute atomic E-state index is 0.0894. The average Bonchev–Trinajstić information content (AvgIpc) is 2.96. The zero-order valence-electron chi connectivity index (χ0n) is 11.2. The predicted octanol–water partition coefficient (Wildman–Crippen LogP) is 0.750. The molecule has 1 fully saturated rings. The Hall–Kier alpha value is -1.53. The van der Waals surface area contributed by atoms with Crippen LogP contribution in [0.1, 0.15) is 12.5 Å². The van der Waals surface area contributed by atoms with Crippen LogP contribution in [0.15, 0.2) is 28.0 Å². The number of nitrogens with one attached hydrogen (secondary N) is 2. The van der Waals surface area contributed by atoms with E-state index >= 15 is 0 Å². The Morgan fingerprint density at radius 1 is 1.42 bits per heavy atom. The Morgan fingerprint density at radius 3 is 3.05 bits per heavy atom. The summed E-state index contributed by atoms with van der Waals surface area (Å²) in [5, 5.41) is 6.45. The van der Waals surface area contributed by atoms with Gasteiger partial charge in [0.2, 0.25) is 0 Å². The smallest absolute Gasteiger partial charge is 0.191 e. The van der Waals surface area contributed by atoms with Crippen LogP contribution in [0, 0.1) is 0 Å². The Kier molecular flexibility index (Phi) is 5.71. The molecule has 2 N–H and O–H groups in total. The maximum atomic E-state index is 5.57. The monoisotopic (exact) mass is 267 g/mol. The first-order chi connectivity index (χ1) is 9.38. The van der Waals surface area contributed by atoms with Crippen molar-refractivity contribution in [3.8, 4) is 0 Å². The fraction of sp³-hybridized carbons (Fsp3) is 0.615. The van der Waals surface area contributed by atoms with E-state index in [9.17, 15) is 0 Å². The first-order valence-electron chi connectivity index (χ1n) is 6.61. The van der Waals surface area contributed by atoms with Crippen LogP contribution in [0.5, 0.6) is 0 Å².